The fraction of sp³-hybridized carbons (Fsp3) is 0.417. The summed E-state index contributed by atoms with van der Waals surface area (Å²) in [6.45, 7) is 2.31. The predicted octanol–water partition coefficient (Wildman–Crippen LogP) is 3.43. The van der Waals surface area contributed by atoms with Gasteiger partial charge in [-0.3, -0.25) is 0 Å². The first-order valence-electron chi connectivity index (χ1n) is 5.07. The molecule has 2 nitrogen and oxygen atoms in total. The molecule has 0 atom stereocenters. The summed E-state index contributed by atoms with van der Waals surface area (Å²) in [5.74, 6) is 1.19. The molecule has 0 saturated carbocycles. The van der Waals surface area contributed by atoms with E-state index in [9.17, 15) is 4.79 Å². The van der Waals surface area contributed by atoms with Crippen LogP contribution in [0, 0.1) is 3.57 Å². The van der Waals surface area contributed by atoms with Crippen molar-refractivity contribution in [1.82, 2.24) is 0 Å². The number of para-hydroxylation sites is 1. The molecule has 82 valence electrons. The fourth-order valence-electron chi connectivity index (χ4n) is 1.22. The summed E-state index contributed by atoms with van der Waals surface area (Å²) >= 11 is 2.25. The third-order valence-electron chi connectivity index (χ3n) is 2.02. The maximum absolute atomic E-state index is 10.7. The van der Waals surface area contributed by atoms with Crippen molar-refractivity contribution in [2.75, 3.05) is 6.61 Å². The van der Waals surface area contributed by atoms with Gasteiger partial charge in [0.05, 0.1) is 10.2 Å². The van der Waals surface area contributed by atoms with Crippen molar-refractivity contribution >= 4 is 28.4 Å². The molecule has 1 rings (SSSR count). The number of carbonyl (C=O) groups is 1. The summed E-state index contributed by atoms with van der Waals surface area (Å²) in [5.41, 5.74) is 0. The van der Waals surface area contributed by atoms with Crippen LogP contribution in [0.5, 0.6) is 5.75 Å². The van der Waals surface area contributed by atoms with E-state index in [1.165, 1.54) is 0 Å². The van der Waals surface area contributed by atoms with E-state index in [4.69, 9.17) is 4.74 Å². The van der Waals surface area contributed by atoms with Crippen molar-refractivity contribution < 1.29 is 9.53 Å². The summed E-state index contributed by atoms with van der Waals surface area (Å²) in [4.78, 5) is 10.7. The van der Waals surface area contributed by atoms with Crippen molar-refractivity contribution in [3.05, 3.63) is 27.8 Å². The van der Waals surface area contributed by atoms with Gasteiger partial charge in [0, 0.05) is 6.42 Å². The minimum absolute atomic E-state index is 0.254. The number of unbranched alkanes of at least 4 members (excludes halogenated alkanes) is 1. The Morgan fingerprint density at radius 2 is 2.07 bits per heavy atom. The Balaban J connectivity index is 2.21. The first-order chi connectivity index (χ1) is 7.20. The molecule has 0 amide bonds. The van der Waals surface area contributed by atoms with Gasteiger partial charge in [0.15, 0.2) is 0 Å². The quantitative estimate of drug-likeness (QED) is 0.593. The smallest absolute Gasteiger partial charge is 0.132 e. The van der Waals surface area contributed by atoms with Crippen LogP contribution in [0.4, 0.5) is 0 Å². The average Bonchev–Trinajstić information content (AvgIpc) is 2.20. The van der Waals surface area contributed by atoms with Crippen LogP contribution in [0.2, 0.25) is 0 Å². The van der Waals surface area contributed by atoms with E-state index in [2.05, 4.69) is 22.6 Å². The van der Waals surface area contributed by atoms with Crippen LogP contribution < -0.4 is 4.74 Å². The topological polar surface area (TPSA) is 26.3 Å². The van der Waals surface area contributed by atoms with Crippen molar-refractivity contribution in [3.63, 3.8) is 0 Å². The molecular weight excluding hydrogens is 303 g/mol. The van der Waals surface area contributed by atoms with Gasteiger partial charge in [0.1, 0.15) is 11.5 Å². The lowest BCUT2D eigenvalue weighted by molar-refractivity contribution is -0.117. The van der Waals surface area contributed by atoms with Gasteiger partial charge >= 0.3 is 0 Å². The van der Waals surface area contributed by atoms with Gasteiger partial charge in [-0.1, -0.05) is 12.1 Å². The second kappa shape index (κ2) is 6.82. The Morgan fingerprint density at radius 3 is 2.73 bits per heavy atom. The molecule has 0 fully saturated rings. The Morgan fingerprint density at radius 1 is 1.33 bits per heavy atom. The zero-order valence-electron chi connectivity index (χ0n) is 8.83. The number of Topliss-reactive ketones (excluding diaryl/α,β-unsaturated/α-hetero) is 1. The summed E-state index contributed by atoms with van der Waals surface area (Å²) in [6, 6.07) is 7.94. The Hall–Kier alpha value is -0.580. The van der Waals surface area contributed by atoms with Crippen molar-refractivity contribution in [3.8, 4) is 5.75 Å². The van der Waals surface area contributed by atoms with Crippen LogP contribution in [-0.4, -0.2) is 12.4 Å². The molecule has 0 heterocycles. The molecule has 1 aromatic carbocycles. The van der Waals surface area contributed by atoms with Gasteiger partial charge in [-0.25, -0.2) is 0 Å². The molecule has 0 radical (unpaired) electrons. The van der Waals surface area contributed by atoms with Crippen molar-refractivity contribution in [2.45, 2.75) is 26.2 Å². The highest BCUT2D eigenvalue weighted by molar-refractivity contribution is 14.1. The van der Waals surface area contributed by atoms with E-state index in [1.54, 1.807) is 6.92 Å². The zero-order chi connectivity index (χ0) is 11.1. The van der Waals surface area contributed by atoms with Crippen LogP contribution >= 0.6 is 22.6 Å². The normalized spacial score (nSPS) is 10.0. The maximum atomic E-state index is 10.7. The van der Waals surface area contributed by atoms with Crippen LogP contribution in [0.1, 0.15) is 26.2 Å². The molecule has 15 heavy (non-hydrogen) atoms. The van der Waals surface area contributed by atoms with Gasteiger partial charge in [0.25, 0.3) is 0 Å². The first-order valence-corrected chi connectivity index (χ1v) is 6.15. The van der Waals surface area contributed by atoms with E-state index in [-0.39, 0.29) is 5.78 Å². The lowest BCUT2D eigenvalue weighted by Gasteiger charge is -2.07. The van der Waals surface area contributed by atoms with Crippen LogP contribution in [0.25, 0.3) is 0 Å². The summed E-state index contributed by atoms with van der Waals surface area (Å²) in [5, 5.41) is 0. The molecule has 0 spiro atoms. The number of halogens is 1. The highest BCUT2D eigenvalue weighted by atomic mass is 127. The highest BCUT2D eigenvalue weighted by Gasteiger charge is 1.99. The first kappa shape index (κ1) is 12.5. The molecule has 0 aliphatic rings. The molecule has 0 aromatic heterocycles. The minimum atomic E-state index is 0.254. The van der Waals surface area contributed by atoms with E-state index >= 15 is 0 Å². The van der Waals surface area contributed by atoms with Crippen LogP contribution in [0.15, 0.2) is 24.3 Å². The lowest BCUT2D eigenvalue weighted by Crippen LogP contribution is -2.00. The standard InChI is InChI=1S/C12H15IO2/c1-10(14)6-4-5-9-15-12-8-3-2-7-11(12)13/h2-3,7-8H,4-6,9H2,1H3. The SMILES string of the molecule is CC(=O)CCCCOc1ccccc1I. The minimum Gasteiger partial charge on any atom is -0.492 e. The molecule has 0 aliphatic heterocycles. The predicted molar refractivity (Wildman–Crippen MR) is 69.2 cm³/mol. The maximum Gasteiger partial charge on any atom is 0.132 e. The number of ketones is 1. The van der Waals surface area contributed by atoms with Gasteiger partial charge in [0.2, 0.25) is 0 Å². The average molecular weight is 318 g/mol. The lowest BCUT2D eigenvalue weighted by atomic mass is 10.2. The second-order valence-corrected chi connectivity index (χ2v) is 4.60. The molecule has 1 aromatic rings. The van der Waals surface area contributed by atoms with E-state index in [1.807, 2.05) is 24.3 Å². The number of hydrogen-bond donors (Lipinski definition) is 0. The van der Waals surface area contributed by atoms with E-state index in [0.717, 1.165) is 22.2 Å². The number of ether oxygens (including phenoxy) is 1. The van der Waals surface area contributed by atoms with Gasteiger partial charge in [-0.05, 0) is 54.5 Å². The molecule has 0 N–H and O–H groups in total. The van der Waals surface area contributed by atoms with Gasteiger partial charge < -0.3 is 9.53 Å². The Labute approximate surface area is 104 Å². The molecule has 0 bridgehead atoms. The third-order valence-corrected chi connectivity index (χ3v) is 2.91. The molecule has 3 heteroatoms. The zero-order valence-corrected chi connectivity index (χ0v) is 11.0. The Bertz CT molecular complexity index is 323. The largest absolute Gasteiger partial charge is 0.492 e. The molecular formula is C12H15IO2. The monoisotopic (exact) mass is 318 g/mol. The summed E-state index contributed by atoms with van der Waals surface area (Å²) in [6.07, 6.45) is 2.51. The number of benzene rings is 1. The van der Waals surface area contributed by atoms with E-state index < -0.39 is 0 Å². The van der Waals surface area contributed by atoms with E-state index in [0.29, 0.717) is 13.0 Å². The molecule has 0 unspecified atom stereocenters. The van der Waals surface area contributed by atoms with Gasteiger partial charge in [-0.2, -0.15) is 0 Å². The van der Waals surface area contributed by atoms with Gasteiger partial charge in [-0.15, -0.1) is 0 Å². The summed E-state index contributed by atoms with van der Waals surface area (Å²) < 4.78 is 6.73. The molecule has 0 aliphatic carbocycles. The van der Waals surface area contributed by atoms with Crippen LogP contribution in [0.3, 0.4) is 0 Å². The number of rotatable bonds is 6. The highest BCUT2D eigenvalue weighted by Crippen LogP contribution is 2.19. The Kier molecular flexibility index (Phi) is 5.68. The molecule has 0 saturated heterocycles. The van der Waals surface area contributed by atoms with Crippen molar-refractivity contribution in [1.29, 1.82) is 0 Å². The second-order valence-electron chi connectivity index (χ2n) is 3.44. The summed E-state index contributed by atoms with van der Waals surface area (Å²) in [7, 11) is 0. The van der Waals surface area contributed by atoms with Crippen LogP contribution in [-0.2, 0) is 4.79 Å². The fourth-order valence-corrected chi connectivity index (χ4v) is 1.76. The third kappa shape index (κ3) is 5.16. The number of hydrogen-bond acceptors (Lipinski definition) is 2. The number of carbonyl (C=O) groups excluding carboxylic acids is 1. The van der Waals surface area contributed by atoms with Crippen molar-refractivity contribution in [2.24, 2.45) is 0 Å².